The highest BCUT2D eigenvalue weighted by Gasteiger charge is 2.11. The number of hydrogen-bond donors (Lipinski definition) is 4. The van der Waals surface area contributed by atoms with Gasteiger partial charge in [0.1, 0.15) is 17.2 Å². The zero-order valence-corrected chi connectivity index (χ0v) is 9.36. The van der Waals surface area contributed by atoms with Crippen molar-refractivity contribution in [2.24, 2.45) is 5.73 Å². The van der Waals surface area contributed by atoms with Gasteiger partial charge in [-0.3, -0.25) is 5.41 Å². The van der Waals surface area contributed by atoms with Gasteiger partial charge in [-0.05, 0) is 18.1 Å². The molecule has 0 aliphatic heterocycles. The summed E-state index contributed by atoms with van der Waals surface area (Å²) in [4.78, 5) is 7.00. The second-order valence-electron chi connectivity index (χ2n) is 3.10. The summed E-state index contributed by atoms with van der Waals surface area (Å²) >= 11 is -0.973. The summed E-state index contributed by atoms with van der Waals surface area (Å²) < 4.78 is 11.6. The van der Waals surface area contributed by atoms with E-state index in [-0.39, 0.29) is 5.96 Å². The highest BCUT2D eigenvalue weighted by Crippen LogP contribution is 2.06. The predicted octanol–water partition coefficient (Wildman–Crippen LogP) is -0.550. The van der Waals surface area contributed by atoms with Crippen molar-refractivity contribution in [2.45, 2.75) is 12.7 Å². The van der Waals surface area contributed by atoms with Crippen LogP contribution in [0.4, 0.5) is 0 Å². The van der Waals surface area contributed by atoms with Gasteiger partial charge in [0.05, 0.1) is 12.9 Å². The molecule has 7 heteroatoms. The Morgan fingerprint density at radius 1 is 1.80 bits per heavy atom. The Morgan fingerprint density at radius 3 is 3.07 bits per heavy atom. The number of nitrogens with zero attached hydrogens (tertiary/aromatic N) is 1. The standard InChI is InChI=1S/C8H15N5OS/c1-6-7(13-5-12-6)4-15(14)3-2-11-8(9)10/h5H,2-4H2,1H3,(H,12,13)(H4,9,10,11). The van der Waals surface area contributed by atoms with E-state index >= 15 is 0 Å². The van der Waals surface area contributed by atoms with E-state index in [1.807, 2.05) is 6.92 Å². The van der Waals surface area contributed by atoms with Crippen LogP contribution < -0.4 is 11.1 Å². The van der Waals surface area contributed by atoms with Crippen molar-refractivity contribution in [3.05, 3.63) is 17.7 Å². The molecule has 0 spiro atoms. The maximum atomic E-state index is 11.6. The van der Waals surface area contributed by atoms with Crippen molar-refractivity contribution in [1.29, 1.82) is 5.41 Å². The zero-order valence-electron chi connectivity index (χ0n) is 8.54. The van der Waals surface area contributed by atoms with Gasteiger partial charge in [-0.25, -0.2) is 4.98 Å². The molecular formula is C8H15N5OS. The van der Waals surface area contributed by atoms with E-state index in [9.17, 15) is 4.55 Å². The fourth-order valence-electron chi connectivity index (χ4n) is 1.06. The first-order chi connectivity index (χ1) is 7.09. The summed E-state index contributed by atoms with van der Waals surface area (Å²) in [6, 6.07) is 0. The third-order valence-electron chi connectivity index (χ3n) is 1.88. The van der Waals surface area contributed by atoms with Crippen LogP contribution >= 0.6 is 0 Å². The summed E-state index contributed by atoms with van der Waals surface area (Å²) in [5.41, 5.74) is 6.87. The maximum absolute atomic E-state index is 11.6. The minimum absolute atomic E-state index is 0.0945. The highest BCUT2D eigenvalue weighted by molar-refractivity contribution is 7.90. The van der Waals surface area contributed by atoms with Gasteiger partial charge in [0.15, 0.2) is 5.96 Å². The van der Waals surface area contributed by atoms with E-state index in [1.54, 1.807) is 6.33 Å². The average Bonchev–Trinajstić information content (AvgIpc) is 2.51. The second kappa shape index (κ2) is 5.62. The zero-order chi connectivity index (χ0) is 11.3. The Hall–Kier alpha value is -1.21. The van der Waals surface area contributed by atoms with Crippen LogP contribution in [0.2, 0.25) is 0 Å². The van der Waals surface area contributed by atoms with E-state index in [0.717, 1.165) is 11.4 Å². The molecule has 0 aliphatic rings. The van der Waals surface area contributed by atoms with E-state index in [1.165, 1.54) is 0 Å². The number of hydrogen-bond acceptors (Lipinski definition) is 3. The molecule has 1 unspecified atom stereocenters. The molecule has 0 aromatic carbocycles. The van der Waals surface area contributed by atoms with Gasteiger partial charge in [0.2, 0.25) is 0 Å². The first-order valence-electron chi connectivity index (χ1n) is 4.51. The average molecular weight is 229 g/mol. The molecule has 5 N–H and O–H groups in total. The van der Waals surface area contributed by atoms with Crippen LogP contribution in [-0.2, 0) is 16.9 Å². The molecular weight excluding hydrogens is 214 g/mol. The summed E-state index contributed by atoms with van der Waals surface area (Å²) in [6.07, 6.45) is 1.59. The number of guanidine groups is 1. The smallest absolute Gasteiger partial charge is 0.185 e. The van der Waals surface area contributed by atoms with Crippen molar-refractivity contribution in [3.8, 4) is 0 Å². The molecule has 0 fully saturated rings. The molecule has 0 aliphatic carbocycles. The van der Waals surface area contributed by atoms with Gasteiger partial charge < -0.3 is 20.6 Å². The number of imidazole rings is 1. The van der Waals surface area contributed by atoms with Crippen molar-refractivity contribution < 1.29 is 4.55 Å². The molecule has 6 nitrogen and oxygen atoms in total. The van der Waals surface area contributed by atoms with E-state index in [2.05, 4.69) is 15.3 Å². The van der Waals surface area contributed by atoms with Gasteiger partial charge in [-0.2, -0.15) is 0 Å². The lowest BCUT2D eigenvalue weighted by molar-refractivity contribution is 0.592. The number of aromatic amines is 1. The van der Waals surface area contributed by atoms with Crippen LogP contribution in [0.5, 0.6) is 0 Å². The van der Waals surface area contributed by atoms with E-state index in [4.69, 9.17) is 11.1 Å². The lowest BCUT2D eigenvalue weighted by atomic mass is 10.4. The van der Waals surface area contributed by atoms with Crippen LogP contribution in [0.15, 0.2) is 6.33 Å². The molecule has 1 atom stereocenters. The topological polar surface area (TPSA) is 114 Å². The third-order valence-corrected chi connectivity index (χ3v) is 3.13. The lowest BCUT2D eigenvalue weighted by Gasteiger charge is -2.10. The Labute approximate surface area is 91.4 Å². The summed E-state index contributed by atoms with van der Waals surface area (Å²) in [5, 5.41) is 9.53. The summed E-state index contributed by atoms with van der Waals surface area (Å²) in [6.45, 7) is 2.35. The van der Waals surface area contributed by atoms with Crippen molar-refractivity contribution >= 4 is 17.1 Å². The number of aromatic nitrogens is 2. The first kappa shape index (κ1) is 11.9. The molecule has 1 aromatic rings. The lowest BCUT2D eigenvalue weighted by Crippen LogP contribution is -2.34. The number of nitrogens with one attached hydrogen (secondary N) is 3. The van der Waals surface area contributed by atoms with E-state index < -0.39 is 11.2 Å². The first-order valence-corrected chi connectivity index (χ1v) is 6.00. The predicted molar refractivity (Wildman–Crippen MR) is 60.0 cm³/mol. The number of aryl methyl sites for hydroxylation is 1. The second-order valence-corrected chi connectivity index (χ2v) is 4.68. The maximum Gasteiger partial charge on any atom is 0.185 e. The normalized spacial score (nSPS) is 12.4. The minimum atomic E-state index is -0.973. The quantitative estimate of drug-likeness (QED) is 0.308. The fraction of sp³-hybridized carbons (Fsp3) is 0.500. The molecule has 0 radical (unpaired) electrons. The molecule has 1 aromatic heterocycles. The number of rotatable bonds is 5. The van der Waals surface area contributed by atoms with Crippen LogP contribution in [0.3, 0.4) is 0 Å². The van der Waals surface area contributed by atoms with Crippen LogP contribution in [-0.4, -0.2) is 32.8 Å². The number of H-pyrrole nitrogens is 1. The van der Waals surface area contributed by atoms with Gasteiger partial charge >= 0.3 is 0 Å². The molecule has 1 heterocycles. The molecule has 15 heavy (non-hydrogen) atoms. The van der Waals surface area contributed by atoms with Gasteiger partial charge in [-0.1, -0.05) is 0 Å². The Balaban J connectivity index is 2.27. The van der Waals surface area contributed by atoms with Crippen molar-refractivity contribution in [3.63, 3.8) is 0 Å². The van der Waals surface area contributed by atoms with Crippen LogP contribution in [0.1, 0.15) is 11.4 Å². The van der Waals surface area contributed by atoms with Gasteiger partial charge in [0.25, 0.3) is 0 Å². The van der Waals surface area contributed by atoms with Crippen molar-refractivity contribution in [2.75, 3.05) is 12.3 Å². The highest BCUT2D eigenvalue weighted by atomic mass is 32.2. The Kier molecular flexibility index (Phi) is 4.44. The summed E-state index contributed by atoms with van der Waals surface area (Å²) in [7, 11) is 0. The third kappa shape index (κ3) is 4.22. The van der Waals surface area contributed by atoms with Gasteiger partial charge in [-0.15, -0.1) is 0 Å². The SMILES string of the molecule is Cc1[nH]cnc1C[S+]([O-])CCNC(=N)N. The van der Waals surface area contributed by atoms with E-state index in [0.29, 0.717) is 18.1 Å². The van der Waals surface area contributed by atoms with Crippen LogP contribution in [0, 0.1) is 12.3 Å². The minimum Gasteiger partial charge on any atom is -0.616 e. The molecule has 0 saturated carbocycles. The molecule has 0 amide bonds. The molecule has 0 bridgehead atoms. The number of nitrogens with two attached hydrogens (primary N) is 1. The monoisotopic (exact) mass is 229 g/mol. The fourth-order valence-corrected chi connectivity index (χ4v) is 2.13. The largest absolute Gasteiger partial charge is 0.616 e. The molecule has 84 valence electrons. The van der Waals surface area contributed by atoms with Crippen LogP contribution in [0.25, 0.3) is 0 Å². The van der Waals surface area contributed by atoms with Crippen molar-refractivity contribution in [1.82, 2.24) is 15.3 Å². The van der Waals surface area contributed by atoms with Gasteiger partial charge in [0, 0.05) is 5.69 Å². The molecule has 1 rings (SSSR count). The summed E-state index contributed by atoms with van der Waals surface area (Å²) in [5.74, 6) is 0.809. The Morgan fingerprint density at radius 2 is 2.53 bits per heavy atom. The Bertz CT molecular complexity index is 327. The molecule has 0 saturated heterocycles.